The molecule has 1 saturated heterocycles. The van der Waals surface area contributed by atoms with Crippen LogP contribution >= 0.6 is 0 Å². The zero-order valence-electron chi connectivity index (χ0n) is 10.7. The van der Waals surface area contributed by atoms with Crippen molar-refractivity contribution in [3.63, 3.8) is 0 Å². The van der Waals surface area contributed by atoms with Crippen LogP contribution in [-0.4, -0.2) is 32.8 Å². The van der Waals surface area contributed by atoms with E-state index in [0.717, 1.165) is 19.3 Å². The summed E-state index contributed by atoms with van der Waals surface area (Å²) in [5, 5.41) is 8.92. The molecule has 19 heavy (non-hydrogen) atoms. The summed E-state index contributed by atoms with van der Waals surface area (Å²) in [6, 6.07) is 6.20. The standard InChI is InChI=1S/C13H19NO4S/c15-10-11-4-6-13(7-5-11)19(16,17)14-9-12-3-1-2-8-18-12/h4-7,12,14-15H,1-3,8-10H2. The molecule has 1 unspecified atom stereocenters. The molecule has 1 aliphatic rings. The highest BCUT2D eigenvalue weighted by atomic mass is 32.2. The Labute approximate surface area is 113 Å². The first-order chi connectivity index (χ1) is 9.12. The minimum Gasteiger partial charge on any atom is -0.392 e. The zero-order valence-corrected chi connectivity index (χ0v) is 11.5. The van der Waals surface area contributed by atoms with Crippen molar-refractivity contribution in [2.24, 2.45) is 0 Å². The zero-order chi connectivity index (χ0) is 13.7. The topological polar surface area (TPSA) is 75.6 Å². The normalized spacial score (nSPS) is 20.4. The third kappa shape index (κ3) is 4.01. The number of ether oxygens (including phenoxy) is 1. The van der Waals surface area contributed by atoms with E-state index in [2.05, 4.69) is 4.72 Å². The lowest BCUT2D eigenvalue weighted by Crippen LogP contribution is -2.35. The van der Waals surface area contributed by atoms with Gasteiger partial charge in [-0.15, -0.1) is 0 Å². The van der Waals surface area contributed by atoms with Gasteiger partial charge in [0, 0.05) is 13.2 Å². The molecule has 0 bridgehead atoms. The molecule has 0 radical (unpaired) electrons. The summed E-state index contributed by atoms with van der Waals surface area (Å²) in [5.74, 6) is 0. The highest BCUT2D eigenvalue weighted by Gasteiger charge is 2.19. The lowest BCUT2D eigenvalue weighted by atomic mass is 10.1. The van der Waals surface area contributed by atoms with Crippen molar-refractivity contribution in [2.75, 3.05) is 13.2 Å². The smallest absolute Gasteiger partial charge is 0.240 e. The summed E-state index contributed by atoms with van der Waals surface area (Å²) < 4.78 is 32.1. The maximum atomic E-state index is 12.0. The molecule has 1 aromatic rings. The molecule has 1 heterocycles. The average molecular weight is 285 g/mol. The van der Waals surface area contributed by atoms with Gasteiger partial charge in [-0.3, -0.25) is 0 Å². The molecule has 2 N–H and O–H groups in total. The van der Waals surface area contributed by atoms with Crippen molar-refractivity contribution in [1.82, 2.24) is 4.72 Å². The Kier molecular flexibility index (Phi) is 4.93. The van der Waals surface area contributed by atoms with Gasteiger partial charge in [-0.2, -0.15) is 0 Å². The SMILES string of the molecule is O=S(=O)(NCC1CCCCO1)c1ccc(CO)cc1. The molecule has 1 fully saturated rings. The van der Waals surface area contributed by atoms with Gasteiger partial charge in [0.2, 0.25) is 10.0 Å². The molecule has 1 atom stereocenters. The van der Waals surface area contributed by atoms with Gasteiger partial charge in [0.25, 0.3) is 0 Å². The minimum absolute atomic E-state index is 0.0276. The number of aliphatic hydroxyl groups excluding tert-OH is 1. The van der Waals surface area contributed by atoms with Crippen LogP contribution in [-0.2, 0) is 21.4 Å². The summed E-state index contributed by atoms with van der Waals surface area (Å²) in [6.45, 7) is 0.922. The van der Waals surface area contributed by atoms with E-state index < -0.39 is 10.0 Å². The summed E-state index contributed by atoms with van der Waals surface area (Å²) >= 11 is 0. The molecule has 1 aliphatic heterocycles. The van der Waals surface area contributed by atoms with Gasteiger partial charge in [0.15, 0.2) is 0 Å². The Morgan fingerprint density at radius 3 is 2.58 bits per heavy atom. The molecule has 0 saturated carbocycles. The third-order valence-electron chi connectivity index (χ3n) is 3.19. The molecule has 6 heteroatoms. The predicted octanol–water partition coefficient (Wildman–Crippen LogP) is 1.03. The highest BCUT2D eigenvalue weighted by molar-refractivity contribution is 7.89. The van der Waals surface area contributed by atoms with Crippen molar-refractivity contribution in [2.45, 2.75) is 36.9 Å². The van der Waals surface area contributed by atoms with E-state index in [9.17, 15) is 8.42 Å². The third-order valence-corrected chi connectivity index (χ3v) is 4.63. The van der Waals surface area contributed by atoms with E-state index in [1.54, 1.807) is 12.1 Å². The van der Waals surface area contributed by atoms with E-state index in [-0.39, 0.29) is 17.6 Å². The summed E-state index contributed by atoms with van der Waals surface area (Å²) in [6.07, 6.45) is 3.00. The Morgan fingerprint density at radius 2 is 2.00 bits per heavy atom. The quantitative estimate of drug-likeness (QED) is 0.847. The van der Waals surface area contributed by atoms with Crippen LogP contribution in [0.5, 0.6) is 0 Å². The van der Waals surface area contributed by atoms with Crippen LogP contribution in [0.4, 0.5) is 0 Å². The molecule has 2 rings (SSSR count). The maximum absolute atomic E-state index is 12.0. The van der Waals surface area contributed by atoms with Crippen LogP contribution in [0.3, 0.4) is 0 Å². The number of aliphatic hydroxyl groups is 1. The van der Waals surface area contributed by atoms with Gasteiger partial charge < -0.3 is 9.84 Å². The van der Waals surface area contributed by atoms with Gasteiger partial charge in [-0.05, 0) is 37.0 Å². The largest absolute Gasteiger partial charge is 0.392 e. The fourth-order valence-corrected chi connectivity index (χ4v) is 3.09. The van der Waals surface area contributed by atoms with E-state index in [4.69, 9.17) is 9.84 Å². The molecule has 0 aromatic heterocycles. The summed E-state index contributed by atoms with van der Waals surface area (Å²) in [5.41, 5.74) is 0.689. The molecular weight excluding hydrogens is 266 g/mol. The number of hydrogen-bond acceptors (Lipinski definition) is 4. The Balaban J connectivity index is 1.96. The van der Waals surface area contributed by atoms with E-state index in [0.29, 0.717) is 18.7 Å². The van der Waals surface area contributed by atoms with Gasteiger partial charge >= 0.3 is 0 Å². The summed E-state index contributed by atoms with van der Waals surface area (Å²) in [4.78, 5) is 0.209. The fourth-order valence-electron chi connectivity index (χ4n) is 2.03. The van der Waals surface area contributed by atoms with Crippen molar-refractivity contribution < 1.29 is 18.3 Å². The van der Waals surface area contributed by atoms with E-state index in [1.807, 2.05) is 0 Å². The molecule has 0 amide bonds. The van der Waals surface area contributed by atoms with E-state index >= 15 is 0 Å². The lowest BCUT2D eigenvalue weighted by molar-refractivity contribution is 0.0200. The second-order valence-corrected chi connectivity index (χ2v) is 6.41. The van der Waals surface area contributed by atoms with Crippen molar-refractivity contribution >= 4 is 10.0 Å². The van der Waals surface area contributed by atoms with E-state index in [1.165, 1.54) is 12.1 Å². The molecular formula is C13H19NO4S. The number of rotatable bonds is 5. The van der Waals surface area contributed by atoms with Crippen molar-refractivity contribution in [3.05, 3.63) is 29.8 Å². The van der Waals surface area contributed by atoms with Crippen LogP contribution in [0.25, 0.3) is 0 Å². The lowest BCUT2D eigenvalue weighted by Gasteiger charge is -2.22. The Morgan fingerprint density at radius 1 is 1.26 bits per heavy atom. The van der Waals surface area contributed by atoms with Crippen LogP contribution in [0.15, 0.2) is 29.2 Å². The van der Waals surface area contributed by atoms with Gasteiger partial charge in [-0.25, -0.2) is 13.1 Å². The number of benzene rings is 1. The molecule has 0 aliphatic carbocycles. The van der Waals surface area contributed by atoms with Crippen LogP contribution in [0.1, 0.15) is 24.8 Å². The first-order valence-electron chi connectivity index (χ1n) is 6.43. The second kappa shape index (κ2) is 6.47. The van der Waals surface area contributed by atoms with Crippen LogP contribution in [0.2, 0.25) is 0 Å². The van der Waals surface area contributed by atoms with Crippen molar-refractivity contribution in [3.8, 4) is 0 Å². The van der Waals surface area contributed by atoms with Crippen LogP contribution < -0.4 is 4.72 Å². The van der Waals surface area contributed by atoms with Gasteiger partial charge in [0.05, 0.1) is 17.6 Å². The molecule has 1 aromatic carbocycles. The molecule has 0 spiro atoms. The second-order valence-electron chi connectivity index (χ2n) is 4.64. The summed E-state index contributed by atoms with van der Waals surface area (Å²) in [7, 11) is -3.50. The number of hydrogen-bond donors (Lipinski definition) is 2. The maximum Gasteiger partial charge on any atom is 0.240 e. The Bertz CT molecular complexity index is 492. The average Bonchev–Trinajstić information content (AvgIpc) is 2.46. The highest BCUT2D eigenvalue weighted by Crippen LogP contribution is 2.14. The first kappa shape index (κ1) is 14.5. The first-order valence-corrected chi connectivity index (χ1v) is 7.91. The van der Waals surface area contributed by atoms with Crippen LogP contribution in [0, 0.1) is 0 Å². The molecule has 5 nitrogen and oxygen atoms in total. The minimum atomic E-state index is -3.50. The number of sulfonamides is 1. The Hall–Kier alpha value is -0.950. The molecule has 106 valence electrons. The van der Waals surface area contributed by atoms with Gasteiger partial charge in [0.1, 0.15) is 0 Å². The monoisotopic (exact) mass is 285 g/mol. The fraction of sp³-hybridized carbons (Fsp3) is 0.538. The predicted molar refractivity (Wildman–Crippen MR) is 71.1 cm³/mol. The number of nitrogens with one attached hydrogen (secondary N) is 1. The van der Waals surface area contributed by atoms with Gasteiger partial charge in [-0.1, -0.05) is 12.1 Å². The van der Waals surface area contributed by atoms with Crippen molar-refractivity contribution in [1.29, 1.82) is 0 Å².